The fourth-order valence-corrected chi connectivity index (χ4v) is 2.13. The van der Waals surface area contributed by atoms with Gasteiger partial charge in [0.15, 0.2) is 0 Å². The van der Waals surface area contributed by atoms with Gasteiger partial charge in [0.05, 0.1) is 18.7 Å². The number of carbonyl (C=O) groups is 2. The van der Waals surface area contributed by atoms with Gasteiger partial charge in [0.1, 0.15) is 0 Å². The molecule has 0 saturated carbocycles. The van der Waals surface area contributed by atoms with Crippen LogP contribution in [0.15, 0.2) is 18.3 Å². The Hall–Kier alpha value is -2.35. The lowest BCUT2D eigenvalue weighted by atomic mass is 10.0. The molecule has 8 nitrogen and oxygen atoms in total. The lowest BCUT2D eigenvalue weighted by Crippen LogP contribution is -2.43. The Morgan fingerprint density at radius 1 is 1.52 bits per heavy atom. The van der Waals surface area contributed by atoms with Gasteiger partial charge in [-0.3, -0.25) is 14.8 Å². The van der Waals surface area contributed by atoms with E-state index in [0.717, 1.165) is 24.8 Å². The third-order valence-electron chi connectivity index (χ3n) is 3.44. The monoisotopic (exact) mass is 324 g/mol. The number of pyridine rings is 1. The molecule has 1 rings (SSSR count). The zero-order valence-electron chi connectivity index (χ0n) is 13.5. The van der Waals surface area contributed by atoms with Crippen molar-refractivity contribution in [2.24, 2.45) is 5.92 Å². The molecule has 0 aliphatic heterocycles. The summed E-state index contributed by atoms with van der Waals surface area (Å²) in [6, 6.07) is 3.25. The number of rotatable bonds is 10. The number of anilines is 1. The second-order valence-electron chi connectivity index (χ2n) is 5.45. The molecule has 0 aliphatic carbocycles. The number of unbranched alkanes of at least 4 members (excludes halogenated alkanes) is 2. The molecule has 1 atom stereocenters. The molecule has 0 bridgehead atoms. The van der Waals surface area contributed by atoms with Crippen molar-refractivity contribution in [2.45, 2.75) is 39.5 Å². The molecular weight excluding hydrogens is 300 g/mol. The first-order chi connectivity index (χ1) is 11.0. The summed E-state index contributed by atoms with van der Waals surface area (Å²) in [5.74, 6) is -0.750. The number of nitrogens with one attached hydrogen (secondary N) is 2. The zero-order valence-corrected chi connectivity index (χ0v) is 13.5. The fraction of sp³-hybridized carbons (Fsp3) is 0.533. The first-order valence-electron chi connectivity index (χ1n) is 7.64. The third kappa shape index (κ3) is 6.52. The molecule has 1 aromatic rings. The van der Waals surface area contributed by atoms with Gasteiger partial charge in [0.25, 0.3) is 5.91 Å². The first-order valence-corrected chi connectivity index (χ1v) is 7.64. The summed E-state index contributed by atoms with van der Waals surface area (Å²) in [5.41, 5.74) is 5.91. The van der Waals surface area contributed by atoms with E-state index in [9.17, 15) is 20.0 Å². The number of hydrogen-bond acceptors (Lipinski definition) is 5. The van der Waals surface area contributed by atoms with Crippen molar-refractivity contribution in [3.8, 4) is 0 Å². The summed E-state index contributed by atoms with van der Waals surface area (Å²) in [7, 11) is 0. The Morgan fingerprint density at radius 3 is 2.91 bits per heavy atom. The van der Waals surface area contributed by atoms with Gasteiger partial charge in [-0.1, -0.05) is 26.2 Å². The summed E-state index contributed by atoms with van der Waals surface area (Å²) < 4.78 is 0.600. The van der Waals surface area contributed by atoms with Crippen molar-refractivity contribution in [3.05, 3.63) is 29.1 Å². The largest absolute Gasteiger partial charge is 0.711 e. The summed E-state index contributed by atoms with van der Waals surface area (Å²) in [6.45, 7) is 3.78. The van der Waals surface area contributed by atoms with E-state index in [2.05, 4.69) is 10.9 Å². The van der Waals surface area contributed by atoms with Gasteiger partial charge in [0, 0.05) is 6.07 Å². The highest BCUT2D eigenvalue weighted by molar-refractivity contribution is 5.80. The Kier molecular flexibility index (Phi) is 7.82. The van der Waals surface area contributed by atoms with Crippen molar-refractivity contribution in [2.75, 3.05) is 12.0 Å². The van der Waals surface area contributed by atoms with Crippen molar-refractivity contribution in [1.82, 2.24) is 10.5 Å². The molecule has 2 amide bonds. The van der Waals surface area contributed by atoms with Crippen molar-refractivity contribution < 1.29 is 19.5 Å². The van der Waals surface area contributed by atoms with Crippen molar-refractivity contribution in [1.29, 1.82) is 0 Å². The Bertz CT molecular complexity index is 524. The Balaban J connectivity index is 2.64. The number of amides is 2. The van der Waals surface area contributed by atoms with E-state index in [1.807, 2.05) is 13.8 Å². The predicted molar refractivity (Wildman–Crippen MR) is 84.1 cm³/mol. The maximum Gasteiger partial charge on any atom is 0.301 e. The van der Waals surface area contributed by atoms with Crippen molar-refractivity contribution in [3.63, 3.8) is 0 Å². The third-order valence-corrected chi connectivity index (χ3v) is 3.44. The summed E-state index contributed by atoms with van der Waals surface area (Å²) in [4.78, 5) is 22.8. The van der Waals surface area contributed by atoms with Crippen LogP contribution in [0, 0.1) is 18.0 Å². The molecule has 1 aromatic heterocycles. The number of aromatic nitrogens is 1. The highest BCUT2D eigenvalue weighted by atomic mass is 16.5. The molecular formula is C15H24N4O4. The smallest absolute Gasteiger partial charge is 0.301 e. The van der Waals surface area contributed by atoms with Crippen LogP contribution in [0.4, 0.5) is 5.82 Å². The van der Waals surface area contributed by atoms with Crippen LogP contribution < -0.4 is 15.6 Å². The number of hydrazine groups is 1. The van der Waals surface area contributed by atoms with E-state index in [1.165, 1.54) is 6.20 Å². The lowest BCUT2D eigenvalue weighted by Gasteiger charge is -2.18. The van der Waals surface area contributed by atoms with Gasteiger partial charge in [-0.05, 0) is 25.0 Å². The highest BCUT2D eigenvalue weighted by Gasteiger charge is 2.22. The van der Waals surface area contributed by atoms with Gasteiger partial charge in [0.2, 0.25) is 6.41 Å². The van der Waals surface area contributed by atoms with Crippen LogP contribution in [0.1, 0.15) is 38.2 Å². The maximum absolute atomic E-state index is 12.2. The van der Waals surface area contributed by atoms with Gasteiger partial charge < -0.3 is 5.21 Å². The normalized spacial score (nSPS) is 11.6. The molecule has 0 spiro atoms. The molecule has 23 heavy (non-hydrogen) atoms. The zero-order chi connectivity index (χ0) is 17.2. The molecule has 0 unspecified atom stereocenters. The first kappa shape index (κ1) is 18.7. The SMILES string of the molecule is CCCCC[C@H](CN(O)C=O)C(=O)NNc1cc(C)cc[n+]1[O-]. The Labute approximate surface area is 135 Å². The number of carbonyl (C=O) groups excluding carboxylic acids is 2. The van der Waals surface area contributed by atoms with E-state index in [0.29, 0.717) is 16.2 Å². The van der Waals surface area contributed by atoms with Crippen molar-refractivity contribution >= 4 is 18.1 Å². The van der Waals surface area contributed by atoms with E-state index in [-0.39, 0.29) is 24.7 Å². The van der Waals surface area contributed by atoms with Gasteiger partial charge in [-0.15, -0.1) is 0 Å². The quantitative estimate of drug-likeness (QED) is 0.149. The maximum atomic E-state index is 12.2. The number of hydroxylamine groups is 2. The number of hydrogen-bond donors (Lipinski definition) is 3. The molecule has 3 N–H and O–H groups in total. The molecule has 8 heteroatoms. The average molecular weight is 324 g/mol. The Morgan fingerprint density at radius 2 is 2.26 bits per heavy atom. The molecule has 128 valence electrons. The molecule has 0 aromatic carbocycles. The molecule has 0 radical (unpaired) electrons. The van der Waals surface area contributed by atoms with Crippen LogP contribution in [-0.4, -0.2) is 29.1 Å². The lowest BCUT2D eigenvalue weighted by molar-refractivity contribution is -0.590. The van der Waals surface area contributed by atoms with Gasteiger partial charge in [-0.2, -0.15) is 10.9 Å². The van der Waals surface area contributed by atoms with Crippen LogP contribution >= 0.6 is 0 Å². The number of aryl methyl sites for hydroxylation is 1. The van der Waals surface area contributed by atoms with E-state index in [1.54, 1.807) is 12.1 Å². The van der Waals surface area contributed by atoms with E-state index < -0.39 is 5.92 Å². The van der Waals surface area contributed by atoms with Crippen LogP contribution in [0.2, 0.25) is 0 Å². The number of nitrogens with zero attached hydrogens (tertiary/aromatic N) is 2. The predicted octanol–water partition coefficient (Wildman–Crippen LogP) is 1.12. The summed E-state index contributed by atoms with van der Waals surface area (Å²) in [5, 5.41) is 21.4. The molecule has 0 aliphatic rings. The van der Waals surface area contributed by atoms with Crippen LogP contribution in [-0.2, 0) is 9.59 Å². The minimum atomic E-state index is -0.561. The highest BCUT2D eigenvalue weighted by Crippen LogP contribution is 2.11. The molecule has 1 heterocycles. The van der Waals surface area contributed by atoms with Gasteiger partial charge in [-0.25, -0.2) is 9.79 Å². The topological polar surface area (TPSA) is 109 Å². The van der Waals surface area contributed by atoms with Crippen LogP contribution in [0.3, 0.4) is 0 Å². The molecule has 0 fully saturated rings. The van der Waals surface area contributed by atoms with Crippen LogP contribution in [0.25, 0.3) is 0 Å². The minimum Gasteiger partial charge on any atom is -0.711 e. The average Bonchev–Trinajstić information content (AvgIpc) is 2.54. The second kappa shape index (κ2) is 9.62. The van der Waals surface area contributed by atoms with E-state index in [4.69, 9.17) is 0 Å². The van der Waals surface area contributed by atoms with Crippen LogP contribution in [0.5, 0.6) is 0 Å². The minimum absolute atomic E-state index is 0.0913. The van der Waals surface area contributed by atoms with E-state index >= 15 is 0 Å². The summed E-state index contributed by atoms with van der Waals surface area (Å²) in [6.07, 6.45) is 4.92. The standard InChI is InChI=1S/C15H24N4O4/c1-3-4-5-6-13(10-18(22)11-20)15(21)17-16-14-9-12(2)7-8-19(14)23/h7-9,11,13,16,22H,3-6,10H2,1-2H3,(H,17,21)/t13-/m1/s1. The second-order valence-corrected chi connectivity index (χ2v) is 5.45. The fourth-order valence-electron chi connectivity index (χ4n) is 2.13. The summed E-state index contributed by atoms with van der Waals surface area (Å²) >= 11 is 0. The van der Waals surface area contributed by atoms with Gasteiger partial charge >= 0.3 is 5.82 Å². The molecule has 0 saturated heterocycles.